The fourth-order valence-electron chi connectivity index (χ4n) is 4.15. The van der Waals surface area contributed by atoms with Crippen LogP contribution in [-0.2, 0) is 14.6 Å². The van der Waals surface area contributed by atoms with Crippen molar-refractivity contribution >= 4 is 6.29 Å². The summed E-state index contributed by atoms with van der Waals surface area (Å²) in [5.74, 6) is -0.103. The van der Waals surface area contributed by atoms with E-state index in [-0.39, 0.29) is 43.3 Å². The molecule has 4 atom stereocenters. The first-order valence-corrected chi connectivity index (χ1v) is 11.2. The maximum absolute atomic E-state index is 11.0. The van der Waals surface area contributed by atoms with Gasteiger partial charge in [0.2, 0.25) is 5.79 Å². The molecule has 0 aromatic heterocycles. The summed E-state index contributed by atoms with van der Waals surface area (Å²) in [6, 6.07) is 0. The third-order valence-electron chi connectivity index (χ3n) is 6.37. The van der Waals surface area contributed by atoms with E-state index in [0.717, 1.165) is 57.7 Å². The molecule has 2 rings (SSSR count). The second-order valence-electron chi connectivity index (χ2n) is 10.1. The molecule has 0 bridgehead atoms. The monoisotopic (exact) mass is 416 g/mol. The van der Waals surface area contributed by atoms with Crippen molar-refractivity contribution in [2.24, 2.45) is 29.1 Å². The first kappa shape index (κ1) is 28.5. The van der Waals surface area contributed by atoms with Crippen molar-refractivity contribution in [1.29, 1.82) is 0 Å². The van der Waals surface area contributed by atoms with Gasteiger partial charge >= 0.3 is 0 Å². The van der Waals surface area contributed by atoms with Crippen LogP contribution in [-0.4, -0.2) is 35.0 Å². The SMILES string of the molecule is C.CC(C)(C)CO.CCC1CC(C)C(O)(OOC2CCC(C=O)CC2)C(CC)C1. The molecule has 0 aromatic rings. The number of carbonyl (C=O) groups excluding carboxylic acids is 1. The Labute approximate surface area is 179 Å². The average molecular weight is 417 g/mol. The summed E-state index contributed by atoms with van der Waals surface area (Å²) in [4.78, 5) is 22.1. The summed E-state index contributed by atoms with van der Waals surface area (Å²) in [6.45, 7) is 12.6. The lowest BCUT2D eigenvalue weighted by Crippen LogP contribution is -2.51. The molecule has 2 aliphatic carbocycles. The summed E-state index contributed by atoms with van der Waals surface area (Å²) in [5, 5.41) is 19.4. The van der Waals surface area contributed by atoms with Crippen LogP contribution in [0, 0.1) is 29.1 Å². The van der Waals surface area contributed by atoms with Gasteiger partial charge in [-0.05, 0) is 56.3 Å². The molecule has 0 aliphatic heterocycles. The molecule has 5 heteroatoms. The van der Waals surface area contributed by atoms with Gasteiger partial charge in [-0.15, -0.1) is 0 Å². The second-order valence-corrected chi connectivity index (χ2v) is 10.1. The molecule has 2 aliphatic rings. The van der Waals surface area contributed by atoms with Crippen LogP contribution >= 0.6 is 0 Å². The van der Waals surface area contributed by atoms with Gasteiger partial charge < -0.3 is 15.0 Å². The Bertz CT molecular complexity index is 439. The van der Waals surface area contributed by atoms with E-state index in [4.69, 9.17) is 14.9 Å². The lowest BCUT2D eigenvalue weighted by molar-refractivity contribution is -0.470. The highest BCUT2D eigenvalue weighted by atomic mass is 17.2. The van der Waals surface area contributed by atoms with E-state index in [2.05, 4.69) is 20.8 Å². The van der Waals surface area contributed by atoms with Gasteiger partial charge in [0.15, 0.2) is 0 Å². The largest absolute Gasteiger partial charge is 0.396 e. The fourth-order valence-corrected chi connectivity index (χ4v) is 4.15. The Morgan fingerprint density at radius 2 is 1.62 bits per heavy atom. The minimum absolute atomic E-state index is 0. The molecule has 5 nitrogen and oxygen atoms in total. The van der Waals surface area contributed by atoms with Crippen molar-refractivity contribution in [3.63, 3.8) is 0 Å². The predicted octanol–water partition coefficient (Wildman–Crippen LogP) is 5.52. The number of carbonyl (C=O) groups is 1. The molecule has 0 saturated heterocycles. The predicted molar refractivity (Wildman–Crippen MR) is 118 cm³/mol. The molecule has 174 valence electrons. The summed E-state index contributed by atoms with van der Waals surface area (Å²) in [6.07, 6.45) is 8.51. The molecule has 0 aromatic carbocycles. The standard InChI is InChI=1S/C18H32O4.C5H12O.CH4/c1-4-14-10-13(3)18(20,16(5-2)11-14)22-21-17-8-6-15(12-19)7-9-17;1-5(2,3)4-6;/h12-17,20H,4-11H2,1-3H3;6H,4H2,1-3H3;1H4. The molecule has 29 heavy (non-hydrogen) atoms. The van der Waals surface area contributed by atoms with E-state index < -0.39 is 5.79 Å². The van der Waals surface area contributed by atoms with Crippen LogP contribution in [0.1, 0.15) is 100 Å². The molecule has 0 radical (unpaired) electrons. The minimum Gasteiger partial charge on any atom is -0.396 e. The molecular weight excluding hydrogens is 368 g/mol. The van der Waals surface area contributed by atoms with E-state index in [1.807, 2.05) is 20.8 Å². The van der Waals surface area contributed by atoms with E-state index in [1.54, 1.807) is 0 Å². The molecule has 0 amide bonds. The third kappa shape index (κ3) is 9.04. The third-order valence-corrected chi connectivity index (χ3v) is 6.37. The Morgan fingerprint density at radius 3 is 2.03 bits per heavy atom. The van der Waals surface area contributed by atoms with Crippen molar-refractivity contribution in [3.8, 4) is 0 Å². The van der Waals surface area contributed by atoms with Crippen molar-refractivity contribution in [2.75, 3.05) is 6.61 Å². The summed E-state index contributed by atoms with van der Waals surface area (Å²) >= 11 is 0. The zero-order valence-electron chi connectivity index (χ0n) is 18.9. The van der Waals surface area contributed by atoms with Gasteiger partial charge in [0.25, 0.3) is 0 Å². The maximum atomic E-state index is 11.0. The minimum atomic E-state index is -1.16. The Balaban J connectivity index is 0.000000981. The van der Waals surface area contributed by atoms with Crippen LogP contribution in [0.4, 0.5) is 0 Å². The highest BCUT2D eigenvalue weighted by molar-refractivity contribution is 5.53. The van der Waals surface area contributed by atoms with Gasteiger partial charge in [-0.3, -0.25) is 0 Å². The summed E-state index contributed by atoms with van der Waals surface area (Å²) in [5.41, 5.74) is 0.0972. The molecule has 4 unspecified atom stereocenters. The molecule has 2 fully saturated rings. The summed E-state index contributed by atoms with van der Waals surface area (Å²) < 4.78 is 0. The molecular formula is C24H48O5. The highest BCUT2D eigenvalue weighted by Crippen LogP contribution is 2.45. The fraction of sp³-hybridized carbons (Fsp3) is 0.958. The van der Waals surface area contributed by atoms with Gasteiger partial charge in [-0.1, -0.05) is 55.4 Å². The number of aliphatic hydroxyl groups excluding tert-OH is 1. The maximum Gasteiger partial charge on any atom is 0.204 e. The highest BCUT2D eigenvalue weighted by Gasteiger charge is 2.48. The topological polar surface area (TPSA) is 76.0 Å². The van der Waals surface area contributed by atoms with Gasteiger partial charge in [0.05, 0.1) is 6.10 Å². The molecule has 2 saturated carbocycles. The van der Waals surface area contributed by atoms with E-state index in [0.29, 0.717) is 5.92 Å². The number of rotatable bonds is 6. The van der Waals surface area contributed by atoms with Crippen molar-refractivity contribution in [3.05, 3.63) is 0 Å². The summed E-state index contributed by atoms with van der Waals surface area (Å²) in [7, 11) is 0. The smallest absolute Gasteiger partial charge is 0.204 e. The zero-order valence-corrected chi connectivity index (χ0v) is 18.9. The Morgan fingerprint density at radius 1 is 1.07 bits per heavy atom. The normalized spacial score (nSPS) is 35.1. The molecule has 0 heterocycles. The first-order valence-electron chi connectivity index (χ1n) is 11.2. The van der Waals surface area contributed by atoms with Crippen molar-refractivity contribution in [2.45, 2.75) is 112 Å². The van der Waals surface area contributed by atoms with Crippen molar-refractivity contribution in [1.82, 2.24) is 0 Å². The first-order chi connectivity index (χ1) is 13.1. The number of aliphatic hydroxyl groups is 2. The quantitative estimate of drug-likeness (QED) is 0.258. The van der Waals surface area contributed by atoms with Gasteiger partial charge in [0, 0.05) is 24.4 Å². The zero-order chi connectivity index (χ0) is 21.4. The second kappa shape index (κ2) is 13.0. The van der Waals surface area contributed by atoms with E-state index in [1.165, 1.54) is 0 Å². The van der Waals surface area contributed by atoms with Crippen LogP contribution in [0.3, 0.4) is 0 Å². The average Bonchev–Trinajstić information content (AvgIpc) is 2.68. The van der Waals surface area contributed by atoms with Gasteiger partial charge in [-0.2, -0.15) is 0 Å². The lowest BCUT2D eigenvalue weighted by atomic mass is 9.69. The number of hydrogen-bond donors (Lipinski definition) is 2. The van der Waals surface area contributed by atoms with Crippen LogP contribution < -0.4 is 0 Å². The van der Waals surface area contributed by atoms with Crippen LogP contribution in [0.2, 0.25) is 0 Å². The Kier molecular flexibility index (Phi) is 12.8. The Hall–Kier alpha value is -0.490. The molecule has 2 N–H and O–H groups in total. The van der Waals surface area contributed by atoms with E-state index >= 15 is 0 Å². The van der Waals surface area contributed by atoms with Gasteiger partial charge in [-0.25, -0.2) is 9.78 Å². The number of hydrogen-bond acceptors (Lipinski definition) is 5. The lowest BCUT2D eigenvalue weighted by Gasteiger charge is -2.46. The van der Waals surface area contributed by atoms with Crippen LogP contribution in [0.25, 0.3) is 0 Å². The molecule has 0 spiro atoms. The van der Waals surface area contributed by atoms with E-state index in [9.17, 15) is 9.90 Å². The number of aldehydes is 1. The van der Waals surface area contributed by atoms with Crippen molar-refractivity contribution < 1.29 is 24.8 Å². The van der Waals surface area contributed by atoms with Gasteiger partial charge in [0.1, 0.15) is 6.29 Å². The van der Waals surface area contributed by atoms with Crippen LogP contribution in [0.15, 0.2) is 0 Å². The van der Waals surface area contributed by atoms with Crippen LogP contribution in [0.5, 0.6) is 0 Å².